The molecule has 0 aliphatic heterocycles. The van der Waals surface area contributed by atoms with Crippen LogP contribution in [0.4, 0.5) is 0 Å². The standard InChI is InChI=1S/C20H17ClN2O2/c1-2-25-20(24)16(11-22)19(13-7-9-14(21)10-8-13)17-12-23-18-6-4-3-5-15(17)18/h3-10,12,16,19,23H,2H2,1H3. The van der Waals surface area contributed by atoms with Gasteiger partial charge in [-0.1, -0.05) is 41.9 Å². The number of nitriles is 1. The van der Waals surface area contributed by atoms with Crippen LogP contribution in [0.25, 0.3) is 10.9 Å². The predicted octanol–water partition coefficient (Wildman–Crippen LogP) is 4.66. The number of aromatic nitrogens is 1. The predicted molar refractivity (Wildman–Crippen MR) is 97.3 cm³/mol. The SMILES string of the molecule is CCOC(=O)C(C#N)C(c1ccc(Cl)cc1)c1c[nH]c2ccccc12. The maximum Gasteiger partial charge on any atom is 0.324 e. The molecule has 0 spiro atoms. The van der Waals surface area contributed by atoms with Crippen molar-refractivity contribution in [3.8, 4) is 6.07 Å². The van der Waals surface area contributed by atoms with Crippen LogP contribution in [0.15, 0.2) is 54.7 Å². The minimum absolute atomic E-state index is 0.234. The number of ether oxygens (including phenoxy) is 1. The van der Waals surface area contributed by atoms with E-state index in [0.717, 1.165) is 22.0 Å². The van der Waals surface area contributed by atoms with E-state index in [1.165, 1.54) is 0 Å². The highest BCUT2D eigenvalue weighted by Crippen LogP contribution is 2.37. The van der Waals surface area contributed by atoms with E-state index < -0.39 is 17.8 Å². The number of carbonyl (C=O) groups excluding carboxylic acids is 1. The maximum absolute atomic E-state index is 12.4. The quantitative estimate of drug-likeness (QED) is 0.679. The van der Waals surface area contributed by atoms with E-state index >= 15 is 0 Å². The number of carbonyl (C=O) groups is 1. The van der Waals surface area contributed by atoms with E-state index in [1.807, 2.05) is 42.6 Å². The summed E-state index contributed by atoms with van der Waals surface area (Å²) in [6, 6.07) is 17.2. The second kappa shape index (κ2) is 7.42. The van der Waals surface area contributed by atoms with Gasteiger partial charge in [0.05, 0.1) is 12.7 Å². The number of H-pyrrole nitrogens is 1. The molecule has 0 saturated heterocycles. The lowest BCUT2D eigenvalue weighted by molar-refractivity contribution is -0.146. The smallest absolute Gasteiger partial charge is 0.324 e. The van der Waals surface area contributed by atoms with Crippen molar-refractivity contribution in [1.82, 2.24) is 4.98 Å². The zero-order valence-corrected chi connectivity index (χ0v) is 14.5. The molecule has 1 N–H and O–H groups in total. The van der Waals surface area contributed by atoms with Gasteiger partial charge < -0.3 is 9.72 Å². The molecule has 1 aromatic heterocycles. The van der Waals surface area contributed by atoms with Gasteiger partial charge in [0.2, 0.25) is 0 Å². The summed E-state index contributed by atoms with van der Waals surface area (Å²) in [5.74, 6) is -1.91. The van der Waals surface area contributed by atoms with Crippen molar-refractivity contribution in [2.45, 2.75) is 12.8 Å². The number of rotatable bonds is 5. The number of para-hydroxylation sites is 1. The third-order valence-corrected chi connectivity index (χ3v) is 4.45. The van der Waals surface area contributed by atoms with E-state index in [2.05, 4.69) is 11.1 Å². The summed E-state index contributed by atoms with van der Waals surface area (Å²) in [4.78, 5) is 15.6. The molecule has 2 unspecified atom stereocenters. The molecule has 0 amide bonds. The fourth-order valence-electron chi connectivity index (χ4n) is 3.07. The second-order valence-electron chi connectivity index (χ2n) is 5.68. The molecule has 3 rings (SSSR count). The molecule has 2 aromatic carbocycles. The van der Waals surface area contributed by atoms with Gasteiger partial charge in [-0.05, 0) is 36.2 Å². The monoisotopic (exact) mass is 352 g/mol. The second-order valence-corrected chi connectivity index (χ2v) is 6.11. The minimum atomic E-state index is -0.944. The van der Waals surface area contributed by atoms with Crippen molar-refractivity contribution in [1.29, 1.82) is 5.26 Å². The molecule has 3 aromatic rings. The Morgan fingerprint density at radius 1 is 1.24 bits per heavy atom. The van der Waals surface area contributed by atoms with Gasteiger partial charge in [-0.2, -0.15) is 5.26 Å². The molecule has 25 heavy (non-hydrogen) atoms. The number of nitrogens with one attached hydrogen (secondary N) is 1. The van der Waals surface area contributed by atoms with Crippen LogP contribution < -0.4 is 0 Å². The summed E-state index contributed by atoms with van der Waals surface area (Å²) in [5.41, 5.74) is 2.68. The Balaban J connectivity index is 2.16. The third kappa shape index (κ3) is 3.38. The van der Waals surface area contributed by atoms with Gasteiger partial charge in [0.25, 0.3) is 0 Å². The lowest BCUT2D eigenvalue weighted by Crippen LogP contribution is -2.24. The van der Waals surface area contributed by atoms with E-state index in [9.17, 15) is 10.1 Å². The number of aromatic amines is 1. The van der Waals surface area contributed by atoms with Crippen LogP contribution >= 0.6 is 11.6 Å². The Hall–Kier alpha value is -2.77. The van der Waals surface area contributed by atoms with Crippen molar-refractivity contribution in [3.63, 3.8) is 0 Å². The summed E-state index contributed by atoms with van der Waals surface area (Å²) in [5, 5.41) is 11.3. The molecule has 2 atom stereocenters. The highest BCUT2D eigenvalue weighted by Gasteiger charge is 2.33. The molecule has 5 heteroatoms. The fourth-order valence-corrected chi connectivity index (χ4v) is 3.19. The molecule has 0 aliphatic carbocycles. The van der Waals surface area contributed by atoms with Crippen LogP contribution in [0, 0.1) is 17.2 Å². The van der Waals surface area contributed by atoms with Crippen LogP contribution in [0.1, 0.15) is 24.0 Å². The van der Waals surface area contributed by atoms with Gasteiger partial charge in [0, 0.05) is 28.0 Å². The third-order valence-electron chi connectivity index (χ3n) is 4.20. The van der Waals surface area contributed by atoms with Crippen LogP contribution in [-0.4, -0.2) is 17.6 Å². The zero-order valence-electron chi connectivity index (χ0n) is 13.7. The van der Waals surface area contributed by atoms with Gasteiger partial charge >= 0.3 is 5.97 Å². The Kier molecular flexibility index (Phi) is 5.06. The zero-order chi connectivity index (χ0) is 17.8. The molecular weight excluding hydrogens is 336 g/mol. The molecule has 4 nitrogen and oxygen atoms in total. The summed E-state index contributed by atoms with van der Waals surface area (Å²) < 4.78 is 5.13. The summed E-state index contributed by atoms with van der Waals surface area (Å²) >= 11 is 6.00. The van der Waals surface area contributed by atoms with Crippen molar-refractivity contribution in [3.05, 3.63) is 70.9 Å². The first kappa shape index (κ1) is 17.1. The molecule has 0 fully saturated rings. The van der Waals surface area contributed by atoms with Crippen molar-refractivity contribution in [2.75, 3.05) is 6.61 Å². The summed E-state index contributed by atoms with van der Waals surface area (Å²) in [7, 11) is 0. The number of hydrogen-bond acceptors (Lipinski definition) is 3. The van der Waals surface area contributed by atoms with Gasteiger partial charge in [-0.15, -0.1) is 0 Å². The van der Waals surface area contributed by atoms with Crippen LogP contribution in [0.5, 0.6) is 0 Å². The summed E-state index contributed by atoms with van der Waals surface area (Å²) in [6.07, 6.45) is 1.85. The highest BCUT2D eigenvalue weighted by atomic mass is 35.5. The number of hydrogen-bond donors (Lipinski definition) is 1. The molecule has 0 bridgehead atoms. The minimum Gasteiger partial charge on any atom is -0.465 e. The first-order valence-electron chi connectivity index (χ1n) is 8.03. The van der Waals surface area contributed by atoms with Crippen LogP contribution in [0.3, 0.4) is 0 Å². The average molecular weight is 353 g/mol. The molecule has 0 radical (unpaired) electrons. The Morgan fingerprint density at radius 2 is 1.96 bits per heavy atom. The van der Waals surface area contributed by atoms with Gasteiger partial charge in [-0.3, -0.25) is 4.79 Å². The number of benzene rings is 2. The first-order valence-corrected chi connectivity index (χ1v) is 8.41. The van der Waals surface area contributed by atoms with E-state index in [4.69, 9.17) is 16.3 Å². The number of esters is 1. The van der Waals surface area contributed by atoms with Crippen molar-refractivity contribution < 1.29 is 9.53 Å². The number of halogens is 1. The number of nitrogens with zero attached hydrogens (tertiary/aromatic N) is 1. The Bertz CT molecular complexity index is 925. The van der Waals surface area contributed by atoms with Gasteiger partial charge in [0.1, 0.15) is 0 Å². The largest absolute Gasteiger partial charge is 0.465 e. The van der Waals surface area contributed by atoms with Crippen molar-refractivity contribution >= 4 is 28.5 Å². The van der Waals surface area contributed by atoms with E-state index in [0.29, 0.717) is 5.02 Å². The van der Waals surface area contributed by atoms with Crippen molar-refractivity contribution in [2.24, 2.45) is 5.92 Å². The molecule has 0 aliphatic rings. The average Bonchev–Trinajstić information content (AvgIpc) is 3.04. The lowest BCUT2D eigenvalue weighted by Gasteiger charge is -2.21. The lowest BCUT2D eigenvalue weighted by atomic mass is 9.81. The first-order chi connectivity index (χ1) is 12.2. The number of fused-ring (bicyclic) bond motifs is 1. The fraction of sp³-hybridized carbons (Fsp3) is 0.200. The Labute approximate surface area is 151 Å². The normalized spacial score (nSPS) is 13.2. The molecule has 126 valence electrons. The topological polar surface area (TPSA) is 65.9 Å². The van der Waals surface area contributed by atoms with E-state index in [1.54, 1.807) is 19.1 Å². The Morgan fingerprint density at radius 3 is 2.64 bits per heavy atom. The van der Waals surface area contributed by atoms with Gasteiger partial charge in [0.15, 0.2) is 5.92 Å². The molecular formula is C20H17ClN2O2. The highest BCUT2D eigenvalue weighted by molar-refractivity contribution is 6.30. The maximum atomic E-state index is 12.4. The van der Waals surface area contributed by atoms with E-state index in [-0.39, 0.29) is 6.61 Å². The summed E-state index contributed by atoms with van der Waals surface area (Å²) in [6.45, 7) is 1.97. The van der Waals surface area contributed by atoms with Gasteiger partial charge in [-0.25, -0.2) is 0 Å². The molecule has 0 saturated carbocycles. The van der Waals surface area contributed by atoms with Crippen LogP contribution in [-0.2, 0) is 9.53 Å². The van der Waals surface area contributed by atoms with Crippen LogP contribution in [0.2, 0.25) is 5.02 Å². The molecule has 1 heterocycles.